The third-order valence-electron chi connectivity index (χ3n) is 2.91. The van der Waals surface area contributed by atoms with Crippen LogP contribution in [0.1, 0.15) is 32.4 Å². The average molecular weight is 364 g/mol. The number of thioether (sulfide) groups is 1. The summed E-state index contributed by atoms with van der Waals surface area (Å²) in [6.45, 7) is 5.67. The molecule has 1 amide bonds. The highest BCUT2D eigenvalue weighted by atomic mass is 35.5. The molecule has 0 spiro atoms. The van der Waals surface area contributed by atoms with Crippen LogP contribution in [0.15, 0.2) is 18.2 Å². The van der Waals surface area contributed by atoms with Crippen molar-refractivity contribution in [3.8, 4) is 0 Å². The predicted molar refractivity (Wildman–Crippen MR) is 91.6 cm³/mol. The minimum Gasteiger partial charge on any atom is -0.465 e. The molecule has 0 heterocycles. The number of nitrogens with one attached hydrogen (secondary N) is 1. The highest BCUT2D eigenvalue weighted by molar-refractivity contribution is 8.01. The summed E-state index contributed by atoms with van der Waals surface area (Å²) in [7, 11) is 0. The molecule has 0 saturated carbocycles. The van der Waals surface area contributed by atoms with Crippen molar-refractivity contribution in [1.82, 2.24) is 5.32 Å². The van der Waals surface area contributed by atoms with E-state index in [1.54, 1.807) is 32.0 Å². The molecule has 4 nitrogen and oxygen atoms in total. The Hall–Kier alpha value is -0.910. The van der Waals surface area contributed by atoms with Gasteiger partial charge in [0.2, 0.25) is 5.91 Å². The second kappa shape index (κ2) is 9.28. The average Bonchev–Trinajstić information content (AvgIpc) is 2.44. The predicted octanol–water partition coefficient (Wildman–Crippen LogP) is 3.86. The number of carbonyl (C=O) groups is 2. The Kier molecular flexibility index (Phi) is 8.07. The Bertz CT molecular complexity index is 540. The van der Waals surface area contributed by atoms with E-state index >= 15 is 0 Å². The summed E-state index contributed by atoms with van der Waals surface area (Å²) in [5, 5.41) is 3.56. The SMILES string of the molecule is CCOC(=O)CSC(C)C(=O)NC(C)c1ccc(Cl)cc1Cl. The maximum absolute atomic E-state index is 12.1. The molecule has 1 aromatic carbocycles. The molecular formula is C15H19Cl2NO3S. The standard InChI is InChI=1S/C15H19Cl2NO3S/c1-4-21-14(19)8-22-10(3)15(20)18-9(2)12-6-5-11(16)7-13(12)17/h5-7,9-10H,4,8H2,1-3H3,(H,18,20). The largest absolute Gasteiger partial charge is 0.465 e. The summed E-state index contributed by atoms with van der Waals surface area (Å²) in [5.74, 6) is -0.327. The van der Waals surface area contributed by atoms with Crippen molar-refractivity contribution in [3.63, 3.8) is 0 Å². The first-order chi connectivity index (χ1) is 10.3. The van der Waals surface area contributed by atoms with Gasteiger partial charge in [-0.15, -0.1) is 11.8 Å². The van der Waals surface area contributed by atoms with E-state index in [9.17, 15) is 9.59 Å². The maximum atomic E-state index is 12.1. The van der Waals surface area contributed by atoms with Gasteiger partial charge in [-0.1, -0.05) is 29.3 Å². The van der Waals surface area contributed by atoms with E-state index in [0.29, 0.717) is 16.7 Å². The lowest BCUT2D eigenvalue weighted by Gasteiger charge is -2.18. The number of benzene rings is 1. The topological polar surface area (TPSA) is 55.4 Å². The first kappa shape index (κ1) is 19.1. The van der Waals surface area contributed by atoms with Crippen molar-refractivity contribution in [1.29, 1.82) is 0 Å². The molecule has 7 heteroatoms. The number of carbonyl (C=O) groups excluding carboxylic acids is 2. The van der Waals surface area contributed by atoms with Gasteiger partial charge in [-0.3, -0.25) is 9.59 Å². The fourth-order valence-electron chi connectivity index (χ4n) is 1.73. The molecule has 2 atom stereocenters. The molecule has 0 saturated heterocycles. The van der Waals surface area contributed by atoms with Crippen molar-refractivity contribution in [2.24, 2.45) is 0 Å². The Morgan fingerprint density at radius 2 is 2.00 bits per heavy atom. The number of rotatable bonds is 7. The van der Waals surface area contributed by atoms with Crippen LogP contribution in [0.25, 0.3) is 0 Å². The minimum atomic E-state index is -0.363. The zero-order valence-corrected chi connectivity index (χ0v) is 15.0. The lowest BCUT2D eigenvalue weighted by Crippen LogP contribution is -2.33. The summed E-state index contributed by atoms with van der Waals surface area (Å²) in [6.07, 6.45) is 0. The minimum absolute atomic E-state index is 0.151. The fourth-order valence-corrected chi connectivity index (χ4v) is 2.99. The number of ether oxygens (including phenoxy) is 1. The van der Waals surface area contributed by atoms with Crippen molar-refractivity contribution in [2.75, 3.05) is 12.4 Å². The third-order valence-corrected chi connectivity index (χ3v) is 4.59. The highest BCUT2D eigenvalue weighted by Crippen LogP contribution is 2.26. The maximum Gasteiger partial charge on any atom is 0.315 e. The second-order valence-corrected chi connectivity index (χ2v) is 6.83. The molecule has 0 aliphatic rings. The molecule has 0 aliphatic carbocycles. The Labute approximate surface area is 144 Å². The van der Waals surface area contributed by atoms with Crippen LogP contribution >= 0.6 is 35.0 Å². The Balaban J connectivity index is 2.54. The molecule has 122 valence electrons. The van der Waals surface area contributed by atoms with Gasteiger partial charge in [0, 0.05) is 10.0 Å². The van der Waals surface area contributed by atoms with Gasteiger partial charge in [0.05, 0.1) is 23.7 Å². The van der Waals surface area contributed by atoms with Gasteiger partial charge in [0.15, 0.2) is 0 Å². The van der Waals surface area contributed by atoms with E-state index in [4.69, 9.17) is 27.9 Å². The van der Waals surface area contributed by atoms with Gasteiger partial charge >= 0.3 is 5.97 Å². The molecule has 0 radical (unpaired) electrons. The van der Waals surface area contributed by atoms with Crippen LogP contribution in [0.3, 0.4) is 0 Å². The zero-order chi connectivity index (χ0) is 16.7. The summed E-state index contributed by atoms with van der Waals surface area (Å²) >= 11 is 13.2. The molecule has 0 aromatic heterocycles. The lowest BCUT2D eigenvalue weighted by molar-refractivity contribution is -0.139. The van der Waals surface area contributed by atoms with E-state index in [2.05, 4.69) is 5.32 Å². The van der Waals surface area contributed by atoms with Crippen LogP contribution in [0, 0.1) is 0 Å². The Morgan fingerprint density at radius 3 is 2.59 bits per heavy atom. The highest BCUT2D eigenvalue weighted by Gasteiger charge is 2.19. The molecule has 22 heavy (non-hydrogen) atoms. The smallest absolute Gasteiger partial charge is 0.315 e. The summed E-state index contributed by atoms with van der Waals surface area (Å²) in [4.78, 5) is 23.4. The number of amides is 1. The van der Waals surface area contributed by atoms with Crippen LogP contribution in [0.5, 0.6) is 0 Å². The molecular weight excluding hydrogens is 345 g/mol. The number of hydrogen-bond acceptors (Lipinski definition) is 4. The summed E-state index contributed by atoms with van der Waals surface area (Å²) in [5.41, 5.74) is 0.794. The molecule has 1 aromatic rings. The normalized spacial score (nSPS) is 13.3. The van der Waals surface area contributed by atoms with Crippen LogP contribution in [-0.2, 0) is 14.3 Å². The number of halogens is 2. The fraction of sp³-hybridized carbons (Fsp3) is 0.467. The van der Waals surface area contributed by atoms with Crippen LogP contribution in [-0.4, -0.2) is 29.5 Å². The van der Waals surface area contributed by atoms with E-state index in [-0.39, 0.29) is 28.9 Å². The molecule has 1 rings (SSSR count). The van der Waals surface area contributed by atoms with E-state index in [0.717, 1.165) is 5.56 Å². The third kappa shape index (κ3) is 6.07. The van der Waals surface area contributed by atoms with E-state index < -0.39 is 0 Å². The molecule has 0 fully saturated rings. The molecule has 0 aliphatic heterocycles. The molecule has 0 bridgehead atoms. The van der Waals surface area contributed by atoms with E-state index in [1.165, 1.54) is 11.8 Å². The molecule has 1 N–H and O–H groups in total. The lowest BCUT2D eigenvalue weighted by atomic mass is 10.1. The monoisotopic (exact) mass is 363 g/mol. The second-order valence-electron chi connectivity index (χ2n) is 4.65. The van der Waals surface area contributed by atoms with Gasteiger partial charge in [0.25, 0.3) is 0 Å². The van der Waals surface area contributed by atoms with Gasteiger partial charge in [0.1, 0.15) is 0 Å². The van der Waals surface area contributed by atoms with Crippen LogP contribution in [0.4, 0.5) is 0 Å². The Morgan fingerprint density at radius 1 is 1.32 bits per heavy atom. The van der Waals surface area contributed by atoms with Gasteiger partial charge in [-0.05, 0) is 38.5 Å². The van der Waals surface area contributed by atoms with Crippen molar-refractivity contribution >= 4 is 46.8 Å². The molecule has 2 unspecified atom stereocenters. The number of esters is 1. The van der Waals surface area contributed by atoms with Crippen molar-refractivity contribution in [3.05, 3.63) is 33.8 Å². The van der Waals surface area contributed by atoms with E-state index in [1.807, 2.05) is 6.92 Å². The van der Waals surface area contributed by atoms with Gasteiger partial charge in [-0.25, -0.2) is 0 Å². The quantitative estimate of drug-likeness (QED) is 0.747. The van der Waals surface area contributed by atoms with Crippen LogP contribution in [0.2, 0.25) is 10.0 Å². The zero-order valence-electron chi connectivity index (χ0n) is 12.7. The number of hydrogen-bond donors (Lipinski definition) is 1. The van der Waals surface area contributed by atoms with Crippen molar-refractivity contribution < 1.29 is 14.3 Å². The van der Waals surface area contributed by atoms with Gasteiger partial charge < -0.3 is 10.1 Å². The van der Waals surface area contributed by atoms with Crippen molar-refractivity contribution in [2.45, 2.75) is 32.1 Å². The summed E-state index contributed by atoms with van der Waals surface area (Å²) < 4.78 is 4.83. The van der Waals surface area contributed by atoms with Crippen LogP contribution < -0.4 is 5.32 Å². The first-order valence-electron chi connectivity index (χ1n) is 6.87. The summed E-state index contributed by atoms with van der Waals surface area (Å²) in [6, 6.07) is 4.90. The van der Waals surface area contributed by atoms with Gasteiger partial charge in [-0.2, -0.15) is 0 Å². The first-order valence-corrected chi connectivity index (χ1v) is 8.68.